The van der Waals surface area contributed by atoms with Crippen LogP contribution in [-0.4, -0.2) is 22.7 Å². The van der Waals surface area contributed by atoms with Gasteiger partial charge in [0.2, 0.25) is 5.91 Å². The second-order valence-electron chi connectivity index (χ2n) is 2.14. The predicted molar refractivity (Wildman–Crippen MR) is 65.6 cm³/mol. The minimum absolute atomic E-state index is 0.102. The lowest BCUT2D eigenvalue weighted by atomic mass is 10.4. The number of carbonyl (C=O) groups excluding carboxylic acids is 1. The van der Waals surface area contributed by atoms with Gasteiger partial charge in [0, 0.05) is 6.54 Å². The van der Waals surface area contributed by atoms with Gasteiger partial charge in [0.15, 0.2) is 10.2 Å². The minimum Gasteiger partial charge on any atom is -0.376 e. The van der Waals surface area contributed by atoms with Crippen LogP contribution in [0, 0.1) is 11.3 Å². The Kier molecular flexibility index (Phi) is 11.3. The number of rotatable bonds is 2. The SMILES string of the molecule is CCNC(N)=S.N#CCC(=O)NC(N)=S. The fraction of sp³-hybridized carbons (Fsp3) is 0.429. The van der Waals surface area contributed by atoms with Gasteiger partial charge in [-0.1, -0.05) is 0 Å². The number of carbonyl (C=O) groups is 1. The molecule has 0 atom stereocenters. The van der Waals surface area contributed by atoms with Crippen LogP contribution in [0.5, 0.6) is 0 Å². The van der Waals surface area contributed by atoms with E-state index in [0.29, 0.717) is 5.11 Å². The van der Waals surface area contributed by atoms with Crippen molar-refractivity contribution >= 4 is 40.6 Å². The zero-order chi connectivity index (χ0) is 12.3. The molecule has 0 aliphatic rings. The molecule has 0 aromatic rings. The molecule has 8 heteroatoms. The third kappa shape index (κ3) is 19.1. The van der Waals surface area contributed by atoms with Gasteiger partial charge in [-0.3, -0.25) is 4.79 Å². The molecule has 0 spiro atoms. The summed E-state index contributed by atoms with van der Waals surface area (Å²) in [7, 11) is 0. The Morgan fingerprint density at radius 3 is 2.13 bits per heavy atom. The molecule has 15 heavy (non-hydrogen) atoms. The molecule has 0 saturated heterocycles. The van der Waals surface area contributed by atoms with E-state index in [1.54, 1.807) is 6.07 Å². The molecule has 6 nitrogen and oxygen atoms in total. The molecule has 0 rings (SSSR count). The lowest BCUT2D eigenvalue weighted by Crippen LogP contribution is -2.34. The fourth-order valence-electron chi connectivity index (χ4n) is 0.428. The monoisotopic (exact) mass is 247 g/mol. The Hall–Kier alpha value is -1.46. The molecule has 0 aromatic carbocycles. The highest BCUT2D eigenvalue weighted by molar-refractivity contribution is 7.80. The standard InChI is InChI=1S/C4H5N3OS.C3H8N2S/c5-2-1-3(8)7-4(6)9;1-2-5-3(4)6/h1H2,(H3,6,7,8,9);2H2,1H3,(H3,4,5,6). The highest BCUT2D eigenvalue weighted by Crippen LogP contribution is 1.72. The first kappa shape index (κ1) is 16.0. The molecule has 0 heterocycles. The van der Waals surface area contributed by atoms with E-state index in [1.807, 2.05) is 6.92 Å². The van der Waals surface area contributed by atoms with Crippen LogP contribution in [0.2, 0.25) is 0 Å². The fourth-order valence-corrected chi connectivity index (χ4v) is 0.686. The zero-order valence-corrected chi connectivity index (χ0v) is 9.87. The summed E-state index contributed by atoms with van der Waals surface area (Å²) in [5.74, 6) is -0.468. The van der Waals surface area contributed by atoms with E-state index in [-0.39, 0.29) is 11.5 Å². The Bertz CT molecular complexity index is 273. The van der Waals surface area contributed by atoms with E-state index >= 15 is 0 Å². The molecule has 0 bridgehead atoms. The van der Waals surface area contributed by atoms with Crippen molar-refractivity contribution in [3.05, 3.63) is 0 Å². The van der Waals surface area contributed by atoms with Crippen LogP contribution in [0.3, 0.4) is 0 Å². The maximum atomic E-state index is 10.4. The summed E-state index contributed by atoms with van der Waals surface area (Å²) in [6.07, 6.45) is -0.211. The Balaban J connectivity index is 0. The quantitative estimate of drug-likeness (QED) is 0.467. The van der Waals surface area contributed by atoms with Crippen molar-refractivity contribution in [2.45, 2.75) is 13.3 Å². The lowest BCUT2D eigenvalue weighted by Gasteiger charge is -1.94. The first-order valence-electron chi connectivity index (χ1n) is 3.93. The molecule has 6 N–H and O–H groups in total. The van der Waals surface area contributed by atoms with Crippen LogP contribution in [0.1, 0.15) is 13.3 Å². The minimum atomic E-state index is -0.468. The maximum absolute atomic E-state index is 10.4. The predicted octanol–water partition coefficient (Wildman–Crippen LogP) is -0.901. The summed E-state index contributed by atoms with van der Waals surface area (Å²) in [6.45, 7) is 2.76. The molecule has 1 amide bonds. The first-order valence-corrected chi connectivity index (χ1v) is 4.75. The molecule has 0 aliphatic heterocycles. The second kappa shape index (κ2) is 10.6. The van der Waals surface area contributed by atoms with Crippen molar-refractivity contribution in [1.29, 1.82) is 5.26 Å². The summed E-state index contributed by atoms with van der Waals surface area (Å²) in [6, 6.07) is 1.65. The summed E-state index contributed by atoms with van der Waals surface area (Å²) < 4.78 is 0. The van der Waals surface area contributed by atoms with Crippen molar-refractivity contribution in [1.82, 2.24) is 10.6 Å². The molecule has 0 unspecified atom stereocenters. The largest absolute Gasteiger partial charge is 0.376 e. The maximum Gasteiger partial charge on any atom is 0.240 e. The average Bonchev–Trinajstić information content (AvgIpc) is 2.03. The topological polar surface area (TPSA) is 117 Å². The van der Waals surface area contributed by atoms with Gasteiger partial charge in [-0.05, 0) is 31.4 Å². The van der Waals surface area contributed by atoms with E-state index in [1.165, 1.54) is 0 Å². The van der Waals surface area contributed by atoms with Crippen LogP contribution in [-0.2, 0) is 4.79 Å². The summed E-state index contributed by atoms with van der Waals surface area (Å²) in [4.78, 5) is 10.4. The van der Waals surface area contributed by atoms with Gasteiger partial charge in [0.1, 0.15) is 6.42 Å². The van der Waals surface area contributed by atoms with Crippen LogP contribution in [0.15, 0.2) is 0 Å². The van der Waals surface area contributed by atoms with Crippen molar-refractivity contribution in [2.75, 3.05) is 6.54 Å². The van der Waals surface area contributed by atoms with E-state index in [0.717, 1.165) is 6.54 Å². The molecular formula is C7H13N5OS2. The van der Waals surface area contributed by atoms with E-state index in [9.17, 15) is 4.79 Å². The second-order valence-corrected chi connectivity index (χ2v) is 3.02. The average molecular weight is 247 g/mol. The van der Waals surface area contributed by atoms with Crippen LogP contribution in [0.25, 0.3) is 0 Å². The number of thiocarbonyl (C=S) groups is 2. The summed E-state index contributed by atoms with van der Waals surface area (Å²) in [5.41, 5.74) is 9.94. The van der Waals surface area contributed by atoms with E-state index in [2.05, 4.69) is 35.1 Å². The number of hydrogen-bond acceptors (Lipinski definition) is 4. The Labute approximate surface area is 99.0 Å². The summed E-state index contributed by atoms with van der Waals surface area (Å²) >= 11 is 8.78. The molecule has 0 saturated carbocycles. The van der Waals surface area contributed by atoms with Crippen molar-refractivity contribution in [2.24, 2.45) is 11.5 Å². The van der Waals surface area contributed by atoms with Gasteiger partial charge >= 0.3 is 0 Å². The Morgan fingerprint density at radius 1 is 1.40 bits per heavy atom. The molecule has 0 aliphatic carbocycles. The number of nitrogens with one attached hydrogen (secondary N) is 2. The number of amides is 1. The van der Waals surface area contributed by atoms with Crippen molar-refractivity contribution in [3.8, 4) is 6.07 Å². The Morgan fingerprint density at radius 2 is 1.93 bits per heavy atom. The number of nitrogens with zero attached hydrogens (tertiary/aromatic N) is 1. The van der Waals surface area contributed by atoms with Gasteiger partial charge < -0.3 is 22.1 Å². The molecule has 0 fully saturated rings. The van der Waals surface area contributed by atoms with Gasteiger partial charge in [-0.25, -0.2) is 0 Å². The van der Waals surface area contributed by atoms with Crippen molar-refractivity contribution in [3.63, 3.8) is 0 Å². The smallest absolute Gasteiger partial charge is 0.240 e. The highest BCUT2D eigenvalue weighted by Gasteiger charge is 1.97. The van der Waals surface area contributed by atoms with Gasteiger partial charge in [0.25, 0.3) is 0 Å². The summed E-state index contributed by atoms with van der Waals surface area (Å²) in [5, 5.41) is 13.0. The molecule has 84 valence electrons. The van der Waals surface area contributed by atoms with E-state index in [4.69, 9.17) is 16.7 Å². The van der Waals surface area contributed by atoms with Gasteiger partial charge in [-0.2, -0.15) is 5.26 Å². The van der Waals surface area contributed by atoms with Gasteiger partial charge in [0.05, 0.1) is 6.07 Å². The zero-order valence-electron chi connectivity index (χ0n) is 8.24. The van der Waals surface area contributed by atoms with Crippen molar-refractivity contribution < 1.29 is 4.79 Å². The first-order chi connectivity index (χ1) is 6.93. The highest BCUT2D eigenvalue weighted by atomic mass is 32.1. The lowest BCUT2D eigenvalue weighted by molar-refractivity contribution is -0.118. The van der Waals surface area contributed by atoms with Crippen LogP contribution < -0.4 is 22.1 Å². The molecular weight excluding hydrogens is 234 g/mol. The number of nitrogens with two attached hydrogens (primary N) is 2. The van der Waals surface area contributed by atoms with Crippen LogP contribution >= 0.6 is 24.4 Å². The molecule has 0 aromatic heterocycles. The third-order valence-corrected chi connectivity index (χ3v) is 1.10. The third-order valence-electron chi connectivity index (χ3n) is 0.853. The van der Waals surface area contributed by atoms with Crippen LogP contribution in [0.4, 0.5) is 0 Å². The molecule has 0 radical (unpaired) electrons. The number of nitriles is 1. The van der Waals surface area contributed by atoms with Gasteiger partial charge in [-0.15, -0.1) is 0 Å². The normalized spacial score (nSPS) is 7.47. The van der Waals surface area contributed by atoms with E-state index < -0.39 is 5.91 Å². The number of hydrogen-bond donors (Lipinski definition) is 4.